The van der Waals surface area contributed by atoms with Gasteiger partial charge in [0, 0.05) is 0 Å². The summed E-state index contributed by atoms with van der Waals surface area (Å²) in [5, 5.41) is 0. The van der Waals surface area contributed by atoms with Gasteiger partial charge in [-0.15, -0.1) is 0 Å². The minimum atomic E-state index is 0.152. The summed E-state index contributed by atoms with van der Waals surface area (Å²) in [7, 11) is 0.152. The van der Waals surface area contributed by atoms with Gasteiger partial charge in [0.15, 0.2) is 0 Å². The molecule has 96 valence electrons. The van der Waals surface area contributed by atoms with Gasteiger partial charge in [-0.3, -0.25) is 0 Å². The highest BCUT2D eigenvalue weighted by molar-refractivity contribution is 6.25. The van der Waals surface area contributed by atoms with E-state index in [0.29, 0.717) is 5.41 Å². The van der Waals surface area contributed by atoms with Gasteiger partial charge < -0.3 is 4.80 Å². The van der Waals surface area contributed by atoms with Crippen LogP contribution in [0.2, 0.25) is 6.04 Å². The lowest BCUT2D eigenvalue weighted by molar-refractivity contribution is 0.285. The van der Waals surface area contributed by atoms with Crippen LogP contribution >= 0.6 is 0 Å². The third-order valence-electron chi connectivity index (χ3n) is 3.35. The molecule has 16 heavy (non-hydrogen) atoms. The molecule has 0 atom stereocenters. The third kappa shape index (κ3) is 10.7. The molecule has 0 amide bonds. The van der Waals surface area contributed by atoms with E-state index >= 15 is 0 Å². The zero-order valence-corrected chi connectivity index (χ0v) is 12.5. The first-order chi connectivity index (χ1) is 7.62. The van der Waals surface area contributed by atoms with Crippen molar-refractivity contribution in [1.29, 1.82) is 0 Å². The Morgan fingerprint density at radius 2 is 1.44 bits per heavy atom. The van der Waals surface area contributed by atoms with Crippen LogP contribution < -0.4 is 0 Å². The van der Waals surface area contributed by atoms with Crippen LogP contribution in [0.25, 0.3) is 0 Å². The van der Waals surface area contributed by atoms with E-state index in [4.69, 9.17) is 4.80 Å². The van der Waals surface area contributed by atoms with E-state index in [1.165, 1.54) is 57.8 Å². The van der Waals surface area contributed by atoms with Gasteiger partial charge in [-0.05, 0) is 24.3 Å². The first-order valence-corrected chi connectivity index (χ1v) is 8.15. The van der Waals surface area contributed by atoms with E-state index in [1.54, 1.807) is 0 Å². The highest BCUT2D eigenvalue weighted by Crippen LogP contribution is 2.30. The summed E-state index contributed by atoms with van der Waals surface area (Å²) >= 11 is 0. The van der Waals surface area contributed by atoms with Crippen molar-refractivity contribution in [1.82, 2.24) is 0 Å². The summed E-state index contributed by atoms with van der Waals surface area (Å²) in [6.07, 6.45) is 12.2. The van der Waals surface area contributed by atoms with Crippen LogP contribution in [0.4, 0.5) is 0 Å². The lowest BCUT2D eigenvalue weighted by Crippen LogP contribution is -2.11. The molecule has 1 N–H and O–H groups in total. The van der Waals surface area contributed by atoms with Gasteiger partial charge >= 0.3 is 0 Å². The van der Waals surface area contributed by atoms with Crippen molar-refractivity contribution < 1.29 is 4.80 Å². The molecule has 0 aliphatic heterocycles. The van der Waals surface area contributed by atoms with Crippen molar-refractivity contribution in [2.45, 2.75) is 84.6 Å². The van der Waals surface area contributed by atoms with Crippen LogP contribution in [0, 0.1) is 5.41 Å². The largest absolute Gasteiger partial charge is 0.432 e. The maximum absolute atomic E-state index is 8.75. The maximum atomic E-state index is 8.75. The second kappa shape index (κ2) is 10.3. The van der Waals surface area contributed by atoms with Crippen LogP contribution in [0.1, 0.15) is 78.6 Å². The Hall–Kier alpha value is 0.177. The molecule has 0 bridgehead atoms. The highest BCUT2D eigenvalue weighted by Gasteiger charge is 2.16. The lowest BCUT2D eigenvalue weighted by Gasteiger charge is -2.24. The van der Waals surface area contributed by atoms with Gasteiger partial charge in [-0.1, -0.05) is 65.7 Å². The number of hydrogen-bond acceptors (Lipinski definition) is 1. The molecule has 0 saturated carbocycles. The Morgan fingerprint density at radius 1 is 0.875 bits per heavy atom. The Balaban J connectivity index is 3.38. The van der Waals surface area contributed by atoms with Crippen molar-refractivity contribution in [3.63, 3.8) is 0 Å². The van der Waals surface area contributed by atoms with Crippen molar-refractivity contribution in [3.8, 4) is 0 Å². The fraction of sp³-hybridized carbons (Fsp3) is 1.00. The quantitative estimate of drug-likeness (QED) is 0.415. The molecule has 1 nitrogen and oxygen atoms in total. The molecular weight excluding hydrogens is 212 g/mol. The normalized spacial score (nSPS) is 12.0. The first kappa shape index (κ1) is 16.2. The number of hydrogen-bond donors (Lipinski definition) is 1. The molecule has 0 fully saturated rings. The van der Waals surface area contributed by atoms with E-state index in [2.05, 4.69) is 20.8 Å². The molecule has 0 aliphatic carbocycles. The average Bonchev–Trinajstić information content (AvgIpc) is 2.24. The van der Waals surface area contributed by atoms with Crippen molar-refractivity contribution in [2.75, 3.05) is 0 Å². The van der Waals surface area contributed by atoms with E-state index in [1.807, 2.05) is 0 Å². The third-order valence-corrected chi connectivity index (χ3v) is 3.93. The average molecular weight is 242 g/mol. The van der Waals surface area contributed by atoms with E-state index < -0.39 is 0 Å². The molecule has 0 unspecified atom stereocenters. The highest BCUT2D eigenvalue weighted by atomic mass is 28.2. The summed E-state index contributed by atoms with van der Waals surface area (Å²) in [5.74, 6) is 0. The predicted octanol–water partition coefficient (Wildman–Crippen LogP) is 4.57. The fourth-order valence-corrected chi connectivity index (χ4v) is 2.55. The second-order valence-corrected chi connectivity index (χ2v) is 6.51. The van der Waals surface area contributed by atoms with Gasteiger partial charge in [0.05, 0.1) is 0 Å². The predicted molar refractivity (Wildman–Crippen MR) is 73.8 cm³/mol. The standard InChI is InChI=1S/C14H30OSi/c1-4-5-6-7-8-11-14(2,3)12-9-10-13-16-15/h15H,4-13H2,1-3H3. The smallest absolute Gasteiger partial charge is 0.224 e. The van der Waals surface area contributed by atoms with Gasteiger partial charge in [0.2, 0.25) is 9.76 Å². The van der Waals surface area contributed by atoms with Crippen LogP contribution in [0.15, 0.2) is 0 Å². The SMILES string of the molecule is CCCCCCCC(C)(C)CCCC[Si]O. The van der Waals surface area contributed by atoms with Crippen molar-refractivity contribution in [2.24, 2.45) is 5.41 Å². The Morgan fingerprint density at radius 3 is 2.00 bits per heavy atom. The number of rotatable bonds is 11. The van der Waals surface area contributed by atoms with Gasteiger partial charge in [0.1, 0.15) is 0 Å². The molecule has 0 aliphatic rings. The van der Waals surface area contributed by atoms with Gasteiger partial charge in [0.25, 0.3) is 0 Å². The molecular formula is C14H30OSi. The van der Waals surface area contributed by atoms with Crippen LogP contribution in [-0.4, -0.2) is 14.6 Å². The monoisotopic (exact) mass is 242 g/mol. The maximum Gasteiger partial charge on any atom is 0.224 e. The fourth-order valence-electron chi connectivity index (χ4n) is 2.14. The van der Waals surface area contributed by atoms with Crippen LogP contribution in [0.5, 0.6) is 0 Å². The first-order valence-electron chi connectivity index (χ1n) is 6.99. The Kier molecular flexibility index (Phi) is 10.5. The van der Waals surface area contributed by atoms with E-state index in [-0.39, 0.29) is 9.76 Å². The Labute approximate surface area is 105 Å². The van der Waals surface area contributed by atoms with Gasteiger partial charge in [-0.25, -0.2) is 0 Å². The molecule has 0 spiro atoms. The number of unbranched alkanes of at least 4 members (excludes halogenated alkanes) is 5. The lowest BCUT2D eigenvalue weighted by atomic mass is 9.82. The summed E-state index contributed by atoms with van der Waals surface area (Å²) in [6.45, 7) is 7.06. The van der Waals surface area contributed by atoms with Crippen LogP contribution in [-0.2, 0) is 0 Å². The van der Waals surface area contributed by atoms with Crippen molar-refractivity contribution >= 4 is 9.76 Å². The minimum absolute atomic E-state index is 0.152. The summed E-state index contributed by atoms with van der Waals surface area (Å²) in [6, 6.07) is 1.01. The van der Waals surface area contributed by atoms with E-state index in [9.17, 15) is 0 Å². The summed E-state index contributed by atoms with van der Waals surface area (Å²) in [5.41, 5.74) is 0.519. The zero-order chi connectivity index (χ0) is 12.3. The van der Waals surface area contributed by atoms with Crippen LogP contribution in [0.3, 0.4) is 0 Å². The minimum Gasteiger partial charge on any atom is -0.432 e. The topological polar surface area (TPSA) is 20.2 Å². The molecule has 0 heterocycles. The van der Waals surface area contributed by atoms with E-state index in [0.717, 1.165) is 6.04 Å². The molecule has 0 aromatic heterocycles. The van der Waals surface area contributed by atoms with Gasteiger partial charge in [-0.2, -0.15) is 0 Å². The van der Waals surface area contributed by atoms with Crippen molar-refractivity contribution in [3.05, 3.63) is 0 Å². The Bertz CT molecular complexity index is 146. The summed E-state index contributed by atoms with van der Waals surface area (Å²) in [4.78, 5) is 8.75. The molecule has 0 aromatic carbocycles. The molecule has 2 heteroatoms. The second-order valence-electron chi connectivity index (χ2n) is 5.69. The zero-order valence-electron chi connectivity index (χ0n) is 11.5. The molecule has 0 rings (SSSR count). The molecule has 0 saturated heterocycles. The molecule has 0 aromatic rings. The molecule has 2 radical (unpaired) electrons. The summed E-state index contributed by atoms with van der Waals surface area (Å²) < 4.78 is 0.